The normalized spacial score (nSPS) is 19.4. The van der Waals surface area contributed by atoms with Crippen molar-refractivity contribution in [2.24, 2.45) is 0 Å². The van der Waals surface area contributed by atoms with E-state index >= 15 is 0 Å². The highest BCUT2D eigenvalue weighted by Gasteiger charge is 2.35. The van der Waals surface area contributed by atoms with Crippen molar-refractivity contribution in [2.45, 2.75) is 27.2 Å². The van der Waals surface area contributed by atoms with E-state index in [4.69, 9.17) is 5.41 Å². The SMILES string of the molecule is Cc1cc(C)cc(N2CC(=O)C(=C3Cc4cccc(C)c4N3)C2=N)c1. The Balaban J connectivity index is 1.72. The number of aryl methyl sites for hydroxylation is 3. The molecule has 4 nitrogen and oxygen atoms in total. The minimum absolute atomic E-state index is 0.0112. The van der Waals surface area contributed by atoms with Crippen LogP contribution >= 0.6 is 0 Å². The van der Waals surface area contributed by atoms with Crippen molar-refractivity contribution < 1.29 is 4.79 Å². The summed E-state index contributed by atoms with van der Waals surface area (Å²) in [6, 6.07) is 12.3. The van der Waals surface area contributed by atoms with Crippen molar-refractivity contribution in [1.82, 2.24) is 0 Å². The van der Waals surface area contributed by atoms with E-state index < -0.39 is 0 Å². The molecule has 0 aromatic heterocycles. The molecule has 2 aliphatic heterocycles. The maximum atomic E-state index is 12.7. The number of nitrogens with one attached hydrogen (secondary N) is 2. The number of nitrogens with zero attached hydrogens (tertiary/aromatic N) is 1. The molecule has 0 aliphatic carbocycles. The zero-order chi connectivity index (χ0) is 17.7. The molecule has 0 spiro atoms. The van der Waals surface area contributed by atoms with Crippen LogP contribution in [0.1, 0.15) is 22.3 Å². The molecule has 0 bridgehead atoms. The van der Waals surface area contributed by atoms with Gasteiger partial charge in [-0.1, -0.05) is 24.3 Å². The van der Waals surface area contributed by atoms with E-state index in [1.54, 1.807) is 0 Å². The van der Waals surface area contributed by atoms with Crippen LogP contribution in [0.25, 0.3) is 0 Å². The smallest absolute Gasteiger partial charge is 0.188 e. The standard InChI is InChI=1S/C21H21N3O/c1-12-7-13(2)9-16(8-12)24-11-18(25)19(21(24)22)17-10-15-6-4-5-14(3)20(15)23-17/h4-9,22-23H,10-11H2,1-3H3. The van der Waals surface area contributed by atoms with Gasteiger partial charge in [0.1, 0.15) is 5.84 Å². The van der Waals surface area contributed by atoms with E-state index in [-0.39, 0.29) is 12.3 Å². The molecule has 1 saturated heterocycles. The summed E-state index contributed by atoms with van der Waals surface area (Å²) in [7, 11) is 0. The van der Waals surface area contributed by atoms with Gasteiger partial charge in [-0.2, -0.15) is 0 Å². The van der Waals surface area contributed by atoms with Crippen LogP contribution in [0.3, 0.4) is 0 Å². The van der Waals surface area contributed by atoms with Crippen LogP contribution in [0.15, 0.2) is 47.7 Å². The molecule has 2 aliphatic rings. The van der Waals surface area contributed by atoms with Crippen molar-refractivity contribution in [1.29, 1.82) is 5.41 Å². The van der Waals surface area contributed by atoms with Crippen LogP contribution < -0.4 is 10.2 Å². The number of para-hydroxylation sites is 1. The summed E-state index contributed by atoms with van der Waals surface area (Å²) < 4.78 is 0. The van der Waals surface area contributed by atoms with Gasteiger partial charge in [0.05, 0.1) is 12.1 Å². The molecule has 1 fully saturated rings. The number of ketones is 1. The lowest BCUT2D eigenvalue weighted by Gasteiger charge is -2.18. The minimum atomic E-state index is 0.0112. The second-order valence-electron chi connectivity index (χ2n) is 6.97. The zero-order valence-electron chi connectivity index (χ0n) is 14.7. The van der Waals surface area contributed by atoms with Crippen LogP contribution in [0.2, 0.25) is 0 Å². The van der Waals surface area contributed by atoms with Gasteiger partial charge in [0.15, 0.2) is 5.78 Å². The number of carbonyl (C=O) groups excluding carboxylic acids is 1. The number of benzene rings is 2. The average Bonchev–Trinajstić information content (AvgIpc) is 3.08. The van der Waals surface area contributed by atoms with Gasteiger partial charge in [-0.3, -0.25) is 10.2 Å². The minimum Gasteiger partial charge on any atom is -0.357 e. The van der Waals surface area contributed by atoms with Gasteiger partial charge in [-0.05, 0) is 55.2 Å². The molecule has 4 rings (SSSR count). The molecule has 2 N–H and O–H groups in total. The van der Waals surface area contributed by atoms with Crippen LogP contribution in [-0.4, -0.2) is 18.2 Å². The summed E-state index contributed by atoms with van der Waals surface area (Å²) >= 11 is 0. The fourth-order valence-electron chi connectivity index (χ4n) is 3.80. The van der Waals surface area contributed by atoms with E-state index in [2.05, 4.69) is 30.4 Å². The molecule has 0 amide bonds. The third kappa shape index (κ3) is 2.54. The van der Waals surface area contributed by atoms with Crippen LogP contribution in [0.4, 0.5) is 11.4 Å². The van der Waals surface area contributed by atoms with E-state index in [9.17, 15) is 4.79 Å². The van der Waals surface area contributed by atoms with Gasteiger partial charge in [0, 0.05) is 23.5 Å². The first kappa shape index (κ1) is 15.6. The van der Waals surface area contributed by atoms with E-state index in [0.717, 1.165) is 33.8 Å². The Hall–Kier alpha value is -2.88. The first-order chi connectivity index (χ1) is 11.9. The van der Waals surface area contributed by atoms with E-state index in [0.29, 0.717) is 17.8 Å². The summed E-state index contributed by atoms with van der Waals surface area (Å²) in [5.74, 6) is 0.306. The Labute approximate surface area is 147 Å². The molecular weight excluding hydrogens is 310 g/mol. The van der Waals surface area contributed by atoms with Crippen molar-refractivity contribution in [3.05, 3.63) is 69.9 Å². The highest BCUT2D eigenvalue weighted by molar-refractivity contribution is 6.33. The van der Waals surface area contributed by atoms with Crippen molar-refractivity contribution >= 4 is 23.0 Å². The number of amidine groups is 1. The number of anilines is 2. The average molecular weight is 331 g/mol. The van der Waals surface area contributed by atoms with Crippen LogP contribution in [0, 0.1) is 26.2 Å². The first-order valence-corrected chi connectivity index (χ1v) is 8.50. The van der Waals surface area contributed by atoms with Crippen molar-refractivity contribution in [3.8, 4) is 0 Å². The molecule has 0 radical (unpaired) electrons. The van der Waals surface area contributed by atoms with Crippen LogP contribution in [-0.2, 0) is 11.2 Å². The molecule has 2 heterocycles. The van der Waals surface area contributed by atoms with Gasteiger partial charge in [0.2, 0.25) is 0 Å². The van der Waals surface area contributed by atoms with E-state index in [1.165, 1.54) is 5.56 Å². The number of fused-ring (bicyclic) bond motifs is 1. The van der Waals surface area contributed by atoms with E-state index in [1.807, 2.05) is 36.9 Å². The Morgan fingerprint density at radius 1 is 1.08 bits per heavy atom. The maximum Gasteiger partial charge on any atom is 0.188 e. The maximum absolute atomic E-state index is 12.7. The molecule has 2 aromatic carbocycles. The molecule has 0 unspecified atom stereocenters. The largest absolute Gasteiger partial charge is 0.357 e. The summed E-state index contributed by atoms with van der Waals surface area (Å²) in [5, 5.41) is 12.0. The molecule has 2 aromatic rings. The molecule has 4 heteroatoms. The predicted molar refractivity (Wildman–Crippen MR) is 102 cm³/mol. The van der Waals surface area contributed by atoms with Gasteiger partial charge in [-0.25, -0.2) is 0 Å². The van der Waals surface area contributed by atoms with Gasteiger partial charge in [0.25, 0.3) is 0 Å². The van der Waals surface area contributed by atoms with Gasteiger partial charge >= 0.3 is 0 Å². The van der Waals surface area contributed by atoms with Crippen molar-refractivity contribution in [2.75, 3.05) is 16.8 Å². The Morgan fingerprint density at radius 3 is 2.48 bits per heavy atom. The number of rotatable bonds is 1. The number of hydrogen-bond donors (Lipinski definition) is 2. The Morgan fingerprint density at radius 2 is 1.80 bits per heavy atom. The second-order valence-corrected chi connectivity index (χ2v) is 6.97. The molecule has 126 valence electrons. The summed E-state index contributed by atoms with van der Waals surface area (Å²) in [5.41, 5.74) is 8.00. The predicted octanol–water partition coefficient (Wildman–Crippen LogP) is 3.90. The van der Waals surface area contributed by atoms with Crippen LogP contribution in [0.5, 0.6) is 0 Å². The summed E-state index contributed by atoms with van der Waals surface area (Å²) in [6.45, 7) is 6.37. The van der Waals surface area contributed by atoms with Gasteiger partial charge in [-0.15, -0.1) is 0 Å². The lowest BCUT2D eigenvalue weighted by atomic mass is 10.1. The highest BCUT2D eigenvalue weighted by atomic mass is 16.1. The fourth-order valence-corrected chi connectivity index (χ4v) is 3.80. The number of carbonyl (C=O) groups is 1. The molecule has 0 saturated carbocycles. The quantitative estimate of drug-likeness (QED) is 0.779. The first-order valence-electron chi connectivity index (χ1n) is 8.50. The van der Waals surface area contributed by atoms with Crippen molar-refractivity contribution in [3.63, 3.8) is 0 Å². The Kier molecular flexibility index (Phi) is 3.49. The fraction of sp³-hybridized carbons (Fsp3) is 0.238. The number of hydrogen-bond acceptors (Lipinski definition) is 3. The zero-order valence-corrected chi connectivity index (χ0v) is 14.7. The molecule has 25 heavy (non-hydrogen) atoms. The summed E-state index contributed by atoms with van der Waals surface area (Å²) in [4.78, 5) is 14.5. The lowest BCUT2D eigenvalue weighted by Crippen LogP contribution is -2.25. The molecular formula is C21H21N3O. The third-order valence-electron chi connectivity index (χ3n) is 4.91. The Bertz CT molecular complexity index is 935. The third-order valence-corrected chi connectivity index (χ3v) is 4.91. The molecule has 0 atom stereocenters. The van der Waals surface area contributed by atoms with Gasteiger partial charge < -0.3 is 10.2 Å². The monoisotopic (exact) mass is 331 g/mol. The summed E-state index contributed by atoms with van der Waals surface area (Å²) in [6.07, 6.45) is 0.682. The lowest BCUT2D eigenvalue weighted by molar-refractivity contribution is -0.113. The number of allylic oxidation sites excluding steroid dienone is 1. The number of Topliss-reactive ketones (excluding diaryl/α,β-unsaturated/α-hetero) is 1. The highest BCUT2D eigenvalue weighted by Crippen LogP contribution is 2.35. The topological polar surface area (TPSA) is 56.2 Å². The second kappa shape index (κ2) is 5.59.